The molecule has 0 fully saturated rings. The minimum Gasteiger partial charge on any atom is -0.383 e. The number of rotatable bonds is 2. The number of aromatic nitrogens is 1. The molecule has 2 nitrogen and oxygen atoms in total. The van der Waals surface area contributed by atoms with Gasteiger partial charge in [-0.2, -0.15) is 0 Å². The van der Waals surface area contributed by atoms with Crippen molar-refractivity contribution in [2.75, 3.05) is 0 Å². The average molecular weight is 219 g/mol. The van der Waals surface area contributed by atoms with E-state index >= 15 is 0 Å². The number of aliphatic hydroxyl groups is 1. The van der Waals surface area contributed by atoms with Crippen LogP contribution in [0, 0.1) is 13.8 Å². The van der Waals surface area contributed by atoms with E-state index in [0.29, 0.717) is 0 Å². The zero-order valence-electron chi connectivity index (χ0n) is 8.77. The van der Waals surface area contributed by atoms with Crippen LogP contribution in [0.25, 0.3) is 0 Å². The van der Waals surface area contributed by atoms with Crippen molar-refractivity contribution in [1.29, 1.82) is 0 Å². The Hall–Kier alpha value is -1.19. The van der Waals surface area contributed by atoms with Crippen molar-refractivity contribution in [2.24, 2.45) is 0 Å². The Morgan fingerprint density at radius 3 is 2.67 bits per heavy atom. The summed E-state index contributed by atoms with van der Waals surface area (Å²) in [5.74, 6) is 0. The van der Waals surface area contributed by atoms with Crippen LogP contribution in [-0.4, -0.2) is 10.1 Å². The van der Waals surface area contributed by atoms with Gasteiger partial charge in [-0.1, -0.05) is 0 Å². The summed E-state index contributed by atoms with van der Waals surface area (Å²) in [7, 11) is 0. The molecule has 2 aromatic heterocycles. The van der Waals surface area contributed by atoms with Gasteiger partial charge in [0.25, 0.3) is 0 Å². The Morgan fingerprint density at radius 2 is 2.07 bits per heavy atom. The molecule has 0 radical (unpaired) electrons. The quantitative estimate of drug-likeness (QED) is 0.842. The first-order valence-corrected chi connectivity index (χ1v) is 5.65. The van der Waals surface area contributed by atoms with Crippen LogP contribution in [-0.2, 0) is 0 Å². The summed E-state index contributed by atoms with van der Waals surface area (Å²) >= 11 is 1.63. The van der Waals surface area contributed by atoms with Crippen LogP contribution < -0.4 is 0 Å². The van der Waals surface area contributed by atoms with E-state index in [1.54, 1.807) is 17.5 Å². The first-order chi connectivity index (χ1) is 7.16. The van der Waals surface area contributed by atoms with Gasteiger partial charge in [0.15, 0.2) is 0 Å². The van der Waals surface area contributed by atoms with E-state index in [1.807, 2.05) is 38.1 Å². The van der Waals surface area contributed by atoms with E-state index < -0.39 is 6.10 Å². The molecule has 0 bridgehead atoms. The van der Waals surface area contributed by atoms with Crippen LogP contribution >= 0.6 is 11.3 Å². The van der Waals surface area contributed by atoms with Crippen LogP contribution in [0.1, 0.15) is 27.1 Å². The number of hydrogen-bond acceptors (Lipinski definition) is 3. The maximum atomic E-state index is 10.1. The molecule has 0 aliphatic rings. The second kappa shape index (κ2) is 4.13. The monoisotopic (exact) mass is 219 g/mol. The fraction of sp³-hybridized carbons (Fsp3) is 0.250. The van der Waals surface area contributed by atoms with E-state index in [0.717, 1.165) is 16.1 Å². The Balaban J connectivity index is 2.32. The number of hydrogen-bond donors (Lipinski definition) is 1. The van der Waals surface area contributed by atoms with Crippen molar-refractivity contribution in [3.63, 3.8) is 0 Å². The molecular weight excluding hydrogens is 206 g/mol. The van der Waals surface area contributed by atoms with Crippen molar-refractivity contribution in [3.05, 3.63) is 51.5 Å². The summed E-state index contributed by atoms with van der Waals surface area (Å²) in [6, 6.07) is 7.77. The molecular formula is C12H13NOS. The van der Waals surface area contributed by atoms with Gasteiger partial charge in [0.2, 0.25) is 0 Å². The number of nitrogens with zero attached hydrogens (tertiary/aromatic N) is 1. The molecule has 1 atom stereocenters. The predicted octanol–water partition coefficient (Wildman–Crippen LogP) is 2.84. The Kier molecular flexibility index (Phi) is 2.84. The van der Waals surface area contributed by atoms with Crippen LogP contribution in [0.5, 0.6) is 0 Å². The predicted molar refractivity (Wildman–Crippen MR) is 62.1 cm³/mol. The van der Waals surface area contributed by atoms with Crippen LogP contribution in [0.2, 0.25) is 0 Å². The molecule has 0 spiro atoms. The lowest BCUT2D eigenvalue weighted by Crippen LogP contribution is -1.97. The molecule has 0 saturated heterocycles. The minimum atomic E-state index is -0.523. The Labute approximate surface area is 93.2 Å². The Bertz CT molecular complexity index is 464. The number of aryl methyl sites for hydroxylation is 2. The summed E-state index contributed by atoms with van der Waals surface area (Å²) in [5, 5.41) is 10.1. The van der Waals surface area contributed by atoms with Crippen molar-refractivity contribution in [2.45, 2.75) is 20.0 Å². The summed E-state index contributed by atoms with van der Waals surface area (Å²) in [6.45, 7) is 3.97. The maximum absolute atomic E-state index is 10.1. The van der Waals surface area contributed by atoms with Crippen LogP contribution in [0.15, 0.2) is 30.5 Å². The second-order valence-electron chi connectivity index (χ2n) is 3.58. The fourth-order valence-corrected chi connectivity index (χ4v) is 2.39. The maximum Gasteiger partial charge on any atom is 0.113 e. The molecule has 0 saturated carbocycles. The third kappa shape index (κ3) is 2.25. The lowest BCUT2D eigenvalue weighted by atomic mass is 10.1. The molecule has 0 aliphatic carbocycles. The SMILES string of the molecule is Cc1cc(C(O)c2ccc(C)s2)ccn1. The lowest BCUT2D eigenvalue weighted by Gasteiger charge is -2.08. The topological polar surface area (TPSA) is 33.1 Å². The highest BCUT2D eigenvalue weighted by atomic mass is 32.1. The van der Waals surface area contributed by atoms with E-state index in [2.05, 4.69) is 4.98 Å². The number of thiophene rings is 1. The zero-order chi connectivity index (χ0) is 10.8. The Morgan fingerprint density at radius 1 is 1.27 bits per heavy atom. The van der Waals surface area contributed by atoms with Gasteiger partial charge in [-0.15, -0.1) is 11.3 Å². The normalized spacial score (nSPS) is 12.7. The summed E-state index contributed by atoms with van der Waals surface area (Å²) in [6.07, 6.45) is 1.21. The lowest BCUT2D eigenvalue weighted by molar-refractivity contribution is 0.224. The highest BCUT2D eigenvalue weighted by Gasteiger charge is 2.12. The molecule has 1 N–H and O–H groups in total. The summed E-state index contributed by atoms with van der Waals surface area (Å²) in [4.78, 5) is 6.32. The highest BCUT2D eigenvalue weighted by Crippen LogP contribution is 2.27. The average Bonchev–Trinajstić information content (AvgIpc) is 2.64. The first-order valence-electron chi connectivity index (χ1n) is 4.84. The molecule has 15 heavy (non-hydrogen) atoms. The van der Waals surface area contributed by atoms with E-state index in [-0.39, 0.29) is 0 Å². The van der Waals surface area contributed by atoms with E-state index in [1.165, 1.54) is 4.88 Å². The molecule has 0 amide bonds. The van der Waals surface area contributed by atoms with Gasteiger partial charge in [-0.3, -0.25) is 4.98 Å². The standard InChI is InChI=1S/C12H13NOS/c1-8-7-10(5-6-13-8)12(14)11-4-3-9(2)15-11/h3-7,12,14H,1-2H3. The van der Waals surface area contributed by atoms with Crippen molar-refractivity contribution in [3.8, 4) is 0 Å². The third-order valence-corrected chi connectivity index (χ3v) is 3.32. The van der Waals surface area contributed by atoms with Crippen LogP contribution in [0.3, 0.4) is 0 Å². The molecule has 78 valence electrons. The third-order valence-electron chi connectivity index (χ3n) is 2.27. The smallest absolute Gasteiger partial charge is 0.113 e. The molecule has 3 heteroatoms. The van der Waals surface area contributed by atoms with Gasteiger partial charge in [-0.25, -0.2) is 0 Å². The van der Waals surface area contributed by atoms with Gasteiger partial charge in [0.05, 0.1) is 0 Å². The molecule has 1 unspecified atom stereocenters. The second-order valence-corrected chi connectivity index (χ2v) is 4.90. The van der Waals surface area contributed by atoms with Gasteiger partial charge in [0.1, 0.15) is 6.10 Å². The van der Waals surface area contributed by atoms with Crippen molar-refractivity contribution < 1.29 is 5.11 Å². The number of pyridine rings is 1. The van der Waals surface area contributed by atoms with Crippen molar-refractivity contribution in [1.82, 2.24) is 4.98 Å². The molecule has 2 aromatic rings. The number of aliphatic hydroxyl groups excluding tert-OH is 1. The molecule has 2 rings (SSSR count). The van der Waals surface area contributed by atoms with E-state index in [4.69, 9.17) is 0 Å². The summed E-state index contributed by atoms with van der Waals surface area (Å²) < 4.78 is 0. The summed E-state index contributed by atoms with van der Waals surface area (Å²) in [5.41, 5.74) is 1.84. The van der Waals surface area contributed by atoms with Crippen LogP contribution in [0.4, 0.5) is 0 Å². The fourth-order valence-electron chi connectivity index (χ4n) is 1.50. The van der Waals surface area contributed by atoms with Gasteiger partial charge in [-0.05, 0) is 43.7 Å². The van der Waals surface area contributed by atoms with Gasteiger partial charge >= 0.3 is 0 Å². The molecule has 0 aromatic carbocycles. The van der Waals surface area contributed by atoms with E-state index in [9.17, 15) is 5.11 Å². The largest absolute Gasteiger partial charge is 0.383 e. The van der Waals surface area contributed by atoms with Crippen molar-refractivity contribution >= 4 is 11.3 Å². The molecule has 2 heterocycles. The molecule has 0 aliphatic heterocycles. The zero-order valence-corrected chi connectivity index (χ0v) is 9.58. The minimum absolute atomic E-state index is 0.523. The van der Waals surface area contributed by atoms with Gasteiger partial charge in [0, 0.05) is 21.6 Å². The first kappa shape index (κ1) is 10.3. The van der Waals surface area contributed by atoms with Gasteiger partial charge < -0.3 is 5.11 Å². The highest BCUT2D eigenvalue weighted by molar-refractivity contribution is 7.12.